The smallest absolute Gasteiger partial charge is 0.343 e. The van der Waals surface area contributed by atoms with Gasteiger partial charge in [0.2, 0.25) is 5.91 Å². The highest BCUT2D eigenvalue weighted by Gasteiger charge is 2.43. The van der Waals surface area contributed by atoms with Crippen LogP contribution in [0.25, 0.3) is 0 Å². The summed E-state index contributed by atoms with van der Waals surface area (Å²) in [4.78, 5) is 53.0. The second-order valence-electron chi connectivity index (χ2n) is 8.36. The maximum atomic E-state index is 14.1. The molecule has 0 bridgehead atoms. The van der Waals surface area contributed by atoms with Gasteiger partial charge in [-0.25, -0.2) is 18.6 Å². The molecule has 11 heteroatoms. The molecule has 0 atom stereocenters. The van der Waals surface area contributed by atoms with Gasteiger partial charge in [0.25, 0.3) is 11.8 Å². The standard InChI is InChI=1S/C23H21F2N5O4/c24-17-2-1-3-18(25)20(17)28-10-8-27(9-11-28)13-14-4-5-15-16(12-14)22(33)30(21(15)32)29-7-6-19(31)26-23(29)34/h1-5,12H,6-11,13H2,(H,26,31,34). The molecule has 0 unspecified atom stereocenters. The fourth-order valence-corrected chi connectivity index (χ4v) is 4.52. The number of urea groups is 1. The average Bonchev–Trinajstić information content (AvgIpc) is 3.05. The van der Waals surface area contributed by atoms with E-state index in [0.717, 1.165) is 15.6 Å². The van der Waals surface area contributed by atoms with E-state index in [-0.39, 0.29) is 29.8 Å². The molecule has 2 aromatic rings. The quantitative estimate of drug-likeness (QED) is 0.686. The van der Waals surface area contributed by atoms with Gasteiger partial charge in [0.15, 0.2) is 0 Å². The summed E-state index contributed by atoms with van der Waals surface area (Å²) < 4.78 is 28.2. The zero-order valence-corrected chi connectivity index (χ0v) is 18.1. The van der Waals surface area contributed by atoms with Crippen LogP contribution in [0.5, 0.6) is 0 Å². The van der Waals surface area contributed by atoms with Gasteiger partial charge in [-0.3, -0.25) is 24.6 Å². The van der Waals surface area contributed by atoms with Crippen molar-refractivity contribution in [3.8, 4) is 0 Å². The van der Waals surface area contributed by atoms with Crippen molar-refractivity contribution in [3.05, 3.63) is 64.7 Å². The Labute approximate surface area is 193 Å². The van der Waals surface area contributed by atoms with Crippen molar-refractivity contribution in [3.63, 3.8) is 0 Å². The van der Waals surface area contributed by atoms with Crippen molar-refractivity contribution in [2.75, 3.05) is 37.6 Å². The number of benzene rings is 2. The lowest BCUT2D eigenvalue weighted by Crippen LogP contribution is -2.58. The first-order chi connectivity index (χ1) is 16.3. The third-order valence-electron chi connectivity index (χ3n) is 6.23. The zero-order valence-electron chi connectivity index (χ0n) is 18.1. The van der Waals surface area contributed by atoms with E-state index in [9.17, 15) is 28.0 Å². The maximum Gasteiger partial charge on any atom is 0.343 e. The van der Waals surface area contributed by atoms with Crippen LogP contribution in [0.1, 0.15) is 32.7 Å². The van der Waals surface area contributed by atoms with E-state index >= 15 is 0 Å². The van der Waals surface area contributed by atoms with Crippen LogP contribution in [-0.4, -0.2) is 71.4 Å². The fraction of sp³-hybridized carbons (Fsp3) is 0.304. The van der Waals surface area contributed by atoms with Crippen LogP contribution in [0, 0.1) is 11.6 Å². The number of nitrogens with one attached hydrogen (secondary N) is 1. The number of carbonyl (C=O) groups is 4. The van der Waals surface area contributed by atoms with Crippen molar-refractivity contribution in [2.45, 2.75) is 13.0 Å². The van der Waals surface area contributed by atoms with Crippen LogP contribution < -0.4 is 10.2 Å². The second kappa shape index (κ2) is 8.49. The van der Waals surface area contributed by atoms with Gasteiger partial charge in [0.05, 0.1) is 17.7 Å². The summed E-state index contributed by atoms with van der Waals surface area (Å²) in [6.45, 7) is 2.43. The molecule has 0 spiro atoms. The summed E-state index contributed by atoms with van der Waals surface area (Å²) in [6.07, 6.45) is -0.00679. The van der Waals surface area contributed by atoms with Crippen molar-refractivity contribution >= 4 is 29.4 Å². The second-order valence-corrected chi connectivity index (χ2v) is 8.36. The molecule has 2 aromatic carbocycles. The molecule has 0 aliphatic carbocycles. The van der Waals surface area contributed by atoms with Gasteiger partial charge in [0.1, 0.15) is 17.3 Å². The van der Waals surface area contributed by atoms with Gasteiger partial charge in [-0.2, -0.15) is 5.01 Å². The van der Waals surface area contributed by atoms with Crippen molar-refractivity contribution in [1.29, 1.82) is 0 Å². The highest BCUT2D eigenvalue weighted by Crippen LogP contribution is 2.28. The largest absolute Gasteiger partial charge is 0.364 e. The lowest BCUT2D eigenvalue weighted by atomic mass is 10.1. The normalized spacial score (nSPS) is 19.1. The molecule has 5 rings (SSSR count). The maximum absolute atomic E-state index is 14.1. The van der Waals surface area contributed by atoms with Gasteiger partial charge in [-0.15, -0.1) is 0 Å². The van der Waals surface area contributed by atoms with Gasteiger partial charge in [0, 0.05) is 39.1 Å². The number of hydrazine groups is 1. The lowest BCUT2D eigenvalue weighted by Gasteiger charge is -2.36. The number of anilines is 1. The van der Waals surface area contributed by atoms with Crippen molar-refractivity contribution in [2.24, 2.45) is 0 Å². The highest BCUT2D eigenvalue weighted by molar-refractivity contribution is 6.22. The van der Waals surface area contributed by atoms with Gasteiger partial charge >= 0.3 is 6.03 Å². The van der Waals surface area contributed by atoms with Crippen LogP contribution in [0.15, 0.2) is 36.4 Å². The van der Waals surface area contributed by atoms with E-state index in [4.69, 9.17) is 0 Å². The molecule has 176 valence electrons. The topological polar surface area (TPSA) is 93.3 Å². The fourth-order valence-electron chi connectivity index (χ4n) is 4.52. The summed E-state index contributed by atoms with van der Waals surface area (Å²) >= 11 is 0. The van der Waals surface area contributed by atoms with E-state index in [1.807, 2.05) is 0 Å². The Bertz CT molecular complexity index is 1190. The van der Waals surface area contributed by atoms with Crippen molar-refractivity contribution < 1.29 is 28.0 Å². The molecule has 1 N–H and O–H groups in total. The van der Waals surface area contributed by atoms with Gasteiger partial charge in [-0.05, 0) is 29.8 Å². The molecule has 3 aliphatic heterocycles. The molecule has 3 heterocycles. The minimum atomic E-state index is -0.810. The molecular formula is C23H21F2N5O4. The molecule has 2 saturated heterocycles. The molecular weight excluding hydrogens is 448 g/mol. The first-order valence-electron chi connectivity index (χ1n) is 10.9. The minimum Gasteiger partial charge on any atom is -0.364 e. The number of carbonyl (C=O) groups excluding carboxylic acids is 4. The first-order valence-corrected chi connectivity index (χ1v) is 10.9. The average molecular weight is 469 g/mol. The van der Waals surface area contributed by atoms with E-state index in [1.165, 1.54) is 18.2 Å². The van der Waals surface area contributed by atoms with Crippen LogP contribution in [0.2, 0.25) is 0 Å². The van der Waals surface area contributed by atoms with Crippen LogP contribution >= 0.6 is 0 Å². The highest BCUT2D eigenvalue weighted by atomic mass is 19.1. The van der Waals surface area contributed by atoms with Crippen LogP contribution in [0.4, 0.5) is 19.3 Å². The molecule has 0 radical (unpaired) electrons. The molecule has 3 aliphatic rings. The molecule has 34 heavy (non-hydrogen) atoms. The predicted molar refractivity (Wildman–Crippen MR) is 116 cm³/mol. The Hall–Kier alpha value is -3.86. The number of amides is 5. The summed E-state index contributed by atoms with van der Waals surface area (Å²) in [7, 11) is 0. The number of para-hydroxylation sites is 1. The monoisotopic (exact) mass is 469 g/mol. The number of fused-ring (bicyclic) bond motifs is 1. The predicted octanol–water partition coefficient (Wildman–Crippen LogP) is 1.74. The number of hydrogen-bond donors (Lipinski definition) is 1. The first kappa shape index (κ1) is 22.0. The van der Waals surface area contributed by atoms with E-state index in [0.29, 0.717) is 32.7 Å². The van der Waals surface area contributed by atoms with Crippen LogP contribution in [0.3, 0.4) is 0 Å². The number of nitrogens with zero attached hydrogens (tertiary/aromatic N) is 4. The third-order valence-corrected chi connectivity index (χ3v) is 6.23. The number of rotatable bonds is 4. The number of hydrogen-bond acceptors (Lipinski definition) is 6. The van der Waals surface area contributed by atoms with Crippen LogP contribution in [-0.2, 0) is 11.3 Å². The SMILES string of the molecule is O=C1CCN(N2C(=O)c3ccc(CN4CCN(c5c(F)cccc5F)CC4)cc3C2=O)C(=O)N1. The summed E-state index contributed by atoms with van der Waals surface area (Å²) in [5, 5.41) is 3.83. The Balaban J connectivity index is 1.26. The molecule has 2 fully saturated rings. The molecule has 5 amide bonds. The van der Waals surface area contributed by atoms with Gasteiger partial charge in [-0.1, -0.05) is 12.1 Å². The van der Waals surface area contributed by atoms with E-state index in [2.05, 4.69) is 10.2 Å². The number of piperazine rings is 1. The zero-order chi connectivity index (χ0) is 24.0. The molecule has 0 aromatic heterocycles. The van der Waals surface area contributed by atoms with Gasteiger partial charge < -0.3 is 4.90 Å². The molecule has 9 nitrogen and oxygen atoms in total. The van der Waals surface area contributed by atoms with E-state index in [1.54, 1.807) is 23.1 Å². The lowest BCUT2D eigenvalue weighted by molar-refractivity contribution is -0.122. The summed E-state index contributed by atoms with van der Waals surface area (Å²) in [5.74, 6) is -2.88. The third kappa shape index (κ3) is 3.77. The summed E-state index contributed by atoms with van der Waals surface area (Å²) in [6, 6.07) is 7.94. The number of imide groups is 2. The minimum absolute atomic E-state index is 0.00679. The Morgan fingerprint density at radius 1 is 0.824 bits per heavy atom. The molecule has 0 saturated carbocycles. The van der Waals surface area contributed by atoms with E-state index < -0.39 is 35.4 Å². The Morgan fingerprint density at radius 3 is 2.18 bits per heavy atom. The Morgan fingerprint density at radius 2 is 1.50 bits per heavy atom. The number of halogens is 2. The summed E-state index contributed by atoms with van der Waals surface area (Å²) in [5.41, 5.74) is 1.16. The Kier molecular flexibility index (Phi) is 5.48. The van der Waals surface area contributed by atoms with Crippen molar-refractivity contribution in [1.82, 2.24) is 20.2 Å².